The molecule has 1 saturated heterocycles. The molecule has 1 saturated carbocycles. The standard InChI is InChI=1S/C17H24N2OS.ClH/c18-15-5-1-3-11-9-19(10-14(11)15)17(20)13-4-2-6-16-12(13)7-8-21-16;/h7-8,11,13-15H,1-6,9-10,18H2;1H. The van der Waals surface area contributed by atoms with Gasteiger partial charge in [-0.2, -0.15) is 0 Å². The predicted molar refractivity (Wildman–Crippen MR) is 92.6 cm³/mol. The quantitative estimate of drug-likeness (QED) is 0.853. The largest absolute Gasteiger partial charge is 0.342 e. The van der Waals surface area contributed by atoms with E-state index in [4.69, 9.17) is 5.73 Å². The van der Waals surface area contributed by atoms with Crippen molar-refractivity contribution in [1.29, 1.82) is 0 Å². The summed E-state index contributed by atoms with van der Waals surface area (Å²) < 4.78 is 0. The summed E-state index contributed by atoms with van der Waals surface area (Å²) in [5.41, 5.74) is 7.60. The van der Waals surface area contributed by atoms with Crippen LogP contribution in [0.3, 0.4) is 0 Å². The third-order valence-corrected chi connectivity index (χ3v) is 6.81. The van der Waals surface area contributed by atoms with Gasteiger partial charge in [-0.15, -0.1) is 23.7 Å². The number of rotatable bonds is 1. The van der Waals surface area contributed by atoms with Gasteiger partial charge in [-0.1, -0.05) is 6.42 Å². The zero-order valence-electron chi connectivity index (χ0n) is 12.9. The van der Waals surface area contributed by atoms with Crippen LogP contribution in [0.4, 0.5) is 0 Å². The van der Waals surface area contributed by atoms with Crippen molar-refractivity contribution in [3.63, 3.8) is 0 Å². The molecule has 4 atom stereocenters. The van der Waals surface area contributed by atoms with Gasteiger partial charge in [-0.05, 0) is 60.9 Å². The molecule has 0 radical (unpaired) electrons. The third-order valence-electron chi connectivity index (χ3n) is 5.82. The van der Waals surface area contributed by atoms with Crippen molar-refractivity contribution in [2.24, 2.45) is 17.6 Å². The zero-order chi connectivity index (χ0) is 14.4. The number of fused-ring (bicyclic) bond motifs is 2. The van der Waals surface area contributed by atoms with Gasteiger partial charge in [0.1, 0.15) is 0 Å². The van der Waals surface area contributed by atoms with Crippen molar-refractivity contribution in [2.45, 2.75) is 50.5 Å². The van der Waals surface area contributed by atoms with Crippen molar-refractivity contribution >= 4 is 29.7 Å². The smallest absolute Gasteiger partial charge is 0.230 e. The molecule has 22 heavy (non-hydrogen) atoms. The molecule has 122 valence electrons. The van der Waals surface area contributed by atoms with Crippen molar-refractivity contribution in [2.75, 3.05) is 13.1 Å². The Bertz CT molecular complexity index is 547. The minimum Gasteiger partial charge on any atom is -0.342 e. The number of thiophene rings is 1. The van der Waals surface area contributed by atoms with Crippen LogP contribution >= 0.6 is 23.7 Å². The van der Waals surface area contributed by atoms with Crippen LogP contribution in [-0.4, -0.2) is 29.9 Å². The van der Waals surface area contributed by atoms with Crippen LogP contribution in [0, 0.1) is 11.8 Å². The summed E-state index contributed by atoms with van der Waals surface area (Å²) >= 11 is 1.82. The van der Waals surface area contributed by atoms with E-state index in [2.05, 4.69) is 16.3 Å². The monoisotopic (exact) mass is 340 g/mol. The lowest BCUT2D eigenvalue weighted by molar-refractivity contribution is -0.132. The van der Waals surface area contributed by atoms with E-state index in [0.717, 1.165) is 38.8 Å². The molecule has 5 heteroatoms. The number of carbonyl (C=O) groups is 1. The second-order valence-corrected chi connectivity index (χ2v) is 8.01. The van der Waals surface area contributed by atoms with Crippen LogP contribution in [0.5, 0.6) is 0 Å². The average Bonchev–Trinajstić information content (AvgIpc) is 3.13. The van der Waals surface area contributed by atoms with Crippen LogP contribution < -0.4 is 5.73 Å². The van der Waals surface area contributed by atoms with Gasteiger partial charge in [-0.25, -0.2) is 0 Å². The number of halogens is 1. The van der Waals surface area contributed by atoms with Gasteiger partial charge in [0.25, 0.3) is 0 Å². The maximum Gasteiger partial charge on any atom is 0.230 e. The SMILES string of the molecule is Cl.NC1CCCC2CN(C(=O)C3CCCc4sccc43)CC12. The highest BCUT2D eigenvalue weighted by atomic mass is 35.5. The second kappa shape index (κ2) is 6.50. The fourth-order valence-corrected chi connectivity index (χ4v) is 5.65. The maximum absolute atomic E-state index is 13.0. The molecule has 2 fully saturated rings. The van der Waals surface area contributed by atoms with Gasteiger partial charge in [0.05, 0.1) is 5.92 Å². The topological polar surface area (TPSA) is 46.3 Å². The molecule has 4 unspecified atom stereocenters. The number of hydrogen-bond acceptors (Lipinski definition) is 3. The van der Waals surface area contributed by atoms with E-state index in [0.29, 0.717) is 23.8 Å². The summed E-state index contributed by atoms with van der Waals surface area (Å²) in [5.74, 6) is 1.70. The molecule has 1 amide bonds. The molecule has 1 aromatic rings. The van der Waals surface area contributed by atoms with E-state index in [9.17, 15) is 4.79 Å². The van der Waals surface area contributed by atoms with Crippen LogP contribution in [0.1, 0.15) is 48.5 Å². The molecule has 0 aromatic carbocycles. The highest BCUT2D eigenvalue weighted by molar-refractivity contribution is 7.10. The lowest BCUT2D eigenvalue weighted by Crippen LogP contribution is -2.39. The summed E-state index contributed by atoms with van der Waals surface area (Å²) in [7, 11) is 0. The number of aryl methyl sites for hydroxylation is 1. The fraction of sp³-hybridized carbons (Fsp3) is 0.706. The first kappa shape index (κ1) is 16.3. The first-order valence-corrected chi connectivity index (χ1v) is 9.22. The first-order valence-electron chi connectivity index (χ1n) is 8.34. The molecule has 1 aromatic heterocycles. The van der Waals surface area contributed by atoms with E-state index in [1.165, 1.54) is 23.3 Å². The number of amides is 1. The Morgan fingerprint density at radius 1 is 1.23 bits per heavy atom. The summed E-state index contributed by atoms with van der Waals surface area (Å²) in [6.07, 6.45) is 6.98. The van der Waals surface area contributed by atoms with Crippen LogP contribution in [0.25, 0.3) is 0 Å². The number of nitrogens with zero attached hydrogens (tertiary/aromatic N) is 1. The Balaban J connectivity index is 0.00000144. The van der Waals surface area contributed by atoms with E-state index in [1.807, 2.05) is 11.3 Å². The molecule has 3 aliphatic rings. The zero-order valence-corrected chi connectivity index (χ0v) is 14.5. The van der Waals surface area contributed by atoms with Gasteiger partial charge >= 0.3 is 0 Å². The van der Waals surface area contributed by atoms with E-state index in [-0.39, 0.29) is 18.3 Å². The van der Waals surface area contributed by atoms with Gasteiger partial charge in [0.15, 0.2) is 0 Å². The van der Waals surface area contributed by atoms with Gasteiger partial charge in [0, 0.05) is 24.0 Å². The van der Waals surface area contributed by atoms with Gasteiger partial charge in [0.2, 0.25) is 5.91 Å². The van der Waals surface area contributed by atoms with Crippen molar-refractivity contribution < 1.29 is 4.79 Å². The third kappa shape index (κ3) is 2.70. The van der Waals surface area contributed by atoms with Crippen molar-refractivity contribution in [3.8, 4) is 0 Å². The Morgan fingerprint density at radius 3 is 2.91 bits per heavy atom. The molecule has 4 rings (SSSR count). The number of likely N-dealkylation sites (tertiary alicyclic amines) is 1. The molecule has 2 aliphatic carbocycles. The van der Waals surface area contributed by atoms with Crippen molar-refractivity contribution in [3.05, 3.63) is 21.9 Å². The van der Waals surface area contributed by atoms with E-state index < -0.39 is 0 Å². The molecule has 0 spiro atoms. The van der Waals surface area contributed by atoms with E-state index >= 15 is 0 Å². The molecule has 3 nitrogen and oxygen atoms in total. The molecule has 0 bridgehead atoms. The summed E-state index contributed by atoms with van der Waals surface area (Å²) in [4.78, 5) is 16.6. The first-order chi connectivity index (χ1) is 10.2. The fourth-order valence-electron chi connectivity index (χ4n) is 4.66. The Hall–Kier alpha value is -0.580. The maximum atomic E-state index is 13.0. The summed E-state index contributed by atoms with van der Waals surface area (Å²) in [6.45, 7) is 1.85. The number of nitrogens with two attached hydrogens (primary N) is 1. The van der Waals surface area contributed by atoms with Crippen LogP contribution in [0.2, 0.25) is 0 Å². The molecule has 2 heterocycles. The van der Waals surface area contributed by atoms with Crippen molar-refractivity contribution in [1.82, 2.24) is 4.90 Å². The summed E-state index contributed by atoms with van der Waals surface area (Å²) in [6, 6.07) is 2.49. The second-order valence-electron chi connectivity index (χ2n) is 7.01. The highest BCUT2D eigenvalue weighted by Crippen LogP contribution is 2.40. The number of hydrogen-bond donors (Lipinski definition) is 1. The Kier molecular flexibility index (Phi) is 4.81. The van der Waals surface area contributed by atoms with E-state index in [1.54, 1.807) is 0 Å². The molecule has 1 aliphatic heterocycles. The normalized spacial score (nSPS) is 33.8. The molecular formula is C17H25ClN2OS. The van der Waals surface area contributed by atoms with Gasteiger partial charge in [-0.3, -0.25) is 4.79 Å². The average molecular weight is 341 g/mol. The lowest BCUT2D eigenvalue weighted by Gasteiger charge is -2.29. The number of carbonyl (C=O) groups excluding carboxylic acids is 1. The minimum absolute atomic E-state index is 0. The van der Waals surface area contributed by atoms with Crippen LogP contribution in [-0.2, 0) is 11.2 Å². The predicted octanol–water partition coefficient (Wildman–Crippen LogP) is 3.18. The van der Waals surface area contributed by atoms with Crippen LogP contribution in [0.15, 0.2) is 11.4 Å². The summed E-state index contributed by atoms with van der Waals surface area (Å²) in [5, 5.41) is 2.15. The minimum atomic E-state index is 0. The highest BCUT2D eigenvalue weighted by Gasteiger charge is 2.42. The van der Waals surface area contributed by atoms with Gasteiger partial charge < -0.3 is 10.6 Å². The Labute approximate surface area is 142 Å². The Morgan fingerprint density at radius 2 is 2.09 bits per heavy atom. The molecule has 2 N–H and O–H groups in total. The molecular weight excluding hydrogens is 316 g/mol. The lowest BCUT2D eigenvalue weighted by atomic mass is 9.78.